The number of aromatic nitrogens is 1. The lowest BCUT2D eigenvalue weighted by molar-refractivity contribution is -0.123. The maximum absolute atomic E-state index is 13.6. The van der Waals surface area contributed by atoms with Gasteiger partial charge in [0.05, 0.1) is 22.5 Å². The van der Waals surface area contributed by atoms with Crippen LogP contribution in [0.3, 0.4) is 0 Å². The van der Waals surface area contributed by atoms with Gasteiger partial charge in [0.15, 0.2) is 0 Å². The minimum atomic E-state index is -0.435. The summed E-state index contributed by atoms with van der Waals surface area (Å²) in [5, 5.41) is 11.6. The van der Waals surface area contributed by atoms with Crippen molar-refractivity contribution in [2.24, 2.45) is 29.6 Å². The molecule has 1 aromatic heterocycles. The lowest BCUT2D eigenvalue weighted by atomic mass is 9.68. The number of thiazole rings is 1. The zero-order chi connectivity index (χ0) is 23.3. The summed E-state index contributed by atoms with van der Waals surface area (Å²) in [5.74, 6) is -1.76. The molecular formula is C25H19FN2O4S2. The molecule has 6 nitrogen and oxygen atoms in total. The van der Waals surface area contributed by atoms with Crippen LogP contribution in [0.2, 0.25) is 0 Å². The number of aromatic amines is 1. The molecule has 0 radical (unpaired) electrons. The Balaban J connectivity index is 1.34. The van der Waals surface area contributed by atoms with Gasteiger partial charge >= 0.3 is 4.87 Å². The molecular weight excluding hydrogens is 475 g/mol. The maximum atomic E-state index is 13.6. The molecule has 2 amide bonds. The summed E-state index contributed by atoms with van der Waals surface area (Å²) >= 11 is 2.77. The van der Waals surface area contributed by atoms with Crippen LogP contribution in [0.1, 0.15) is 22.8 Å². The van der Waals surface area contributed by atoms with Crippen LogP contribution >= 0.6 is 23.1 Å². The van der Waals surface area contributed by atoms with Crippen molar-refractivity contribution in [1.82, 2.24) is 4.98 Å². The Kier molecular flexibility index (Phi) is 4.24. The molecule has 2 saturated carbocycles. The Hall–Kier alpha value is -2.91. The Bertz CT molecular complexity index is 1420. The van der Waals surface area contributed by atoms with E-state index in [1.807, 2.05) is 12.1 Å². The maximum Gasteiger partial charge on any atom is 0.305 e. The number of phenolic OH excluding ortho intramolecular Hbond substituents is 1. The monoisotopic (exact) mass is 494 g/mol. The Morgan fingerprint density at radius 1 is 0.971 bits per heavy atom. The smallest absolute Gasteiger partial charge is 0.305 e. The van der Waals surface area contributed by atoms with Crippen molar-refractivity contribution >= 4 is 40.6 Å². The average Bonchev–Trinajstić information content (AvgIpc) is 3.54. The van der Waals surface area contributed by atoms with E-state index in [9.17, 15) is 23.9 Å². The second-order valence-corrected chi connectivity index (χ2v) is 11.7. The van der Waals surface area contributed by atoms with E-state index in [0.717, 1.165) is 33.2 Å². The number of fused-ring (bicyclic) bond motifs is 9. The molecule has 2 bridgehead atoms. The molecule has 3 heterocycles. The van der Waals surface area contributed by atoms with Crippen LogP contribution in [0.15, 0.2) is 58.4 Å². The number of nitrogens with zero attached hydrogens (tertiary/aromatic N) is 1. The molecule has 1 saturated heterocycles. The fourth-order valence-corrected chi connectivity index (χ4v) is 9.84. The normalized spacial score (nSPS) is 33.2. The molecule has 34 heavy (non-hydrogen) atoms. The van der Waals surface area contributed by atoms with Crippen LogP contribution < -0.4 is 9.77 Å². The molecule has 9 heteroatoms. The number of benzene rings is 2. The number of amides is 2. The number of nitrogens with one attached hydrogen (secondary N) is 1. The minimum absolute atomic E-state index is 0.00296. The third-order valence-corrected chi connectivity index (χ3v) is 10.7. The Labute approximate surface area is 201 Å². The number of para-hydroxylation sites is 1. The van der Waals surface area contributed by atoms with Crippen molar-refractivity contribution in [3.05, 3.63) is 74.5 Å². The van der Waals surface area contributed by atoms with E-state index in [1.54, 1.807) is 23.9 Å². The van der Waals surface area contributed by atoms with Crippen molar-refractivity contribution in [3.63, 3.8) is 0 Å². The van der Waals surface area contributed by atoms with Crippen molar-refractivity contribution in [3.8, 4) is 5.75 Å². The van der Waals surface area contributed by atoms with Gasteiger partial charge in [-0.25, -0.2) is 4.39 Å². The fourth-order valence-electron chi connectivity index (χ4n) is 6.96. The van der Waals surface area contributed by atoms with Gasteiger partial charge in [0.2, 0.25) is 11.8 Å². The first-order chi connectivity index (χ1) is 16.4. The third kappa shape index (κ3) is 2.59. The molecule has 3 fully saturated rings. The first kappa shape index (κ1) is 20.5. The zero-order valence-electron chi connectivity index (χ0n) is 17.7. The van der Waals surface area contributed by atoms with Gasteiger partial charge < -0.3 is 10.1 Å². The lowest BCUT2D eigenvalue weighted by Gasteiger charge is -2.43. The first-order valence-corrected chi connectivity index (χ1v) is 12.9. The molecule has 7 atom stereocenters. The topological polar surface area (TPSA) is 90.5 Å². The van der Waals surface area contributed by atoms with Crippen LogP contribution in [0.25, 0.3) is 0 Å². The van der Waals surface area contributed by atoms with Gasteiger partial charge in [-0.1, -0.05) is 29.5 Å². The summed E-state index contributed by atoms with van der Waals surface area (Å²) in [7, 11) is 0. The van der Waals surface area contributed by atoms with Crippen molar-refractivity contribution < 1.29 is 19.1 Å². The van der Waals surface area contributed by atoms with Crippen molar-refractivity contribution in [1.29, 1.82) is 0 Å². The number of imide groups is 1. The number of anilines is 1. The van der Waals surface area contributed by atoms with E-state index in [0.29, 0.717) is 5.69 Å². The predicted molar refractivity (Wildman–Crippen MR) is 125 cm³/mol. The molecule has 2 N–H and O–H groups in total. The van der Waals surface area contributed by atoms with Gasteiger partial charge in [0, 0.05) is 21.6 Å². The lowest BCUT2D eigenvalue weighted by Crippen LogP contribution is -2.42. The van der Waals surface area contributed by atoms with Gasteiger partial charge in [0.1, 0.15) is 11.6 Å². The van der Waals surface area contributed by atoms with Gasteiger partial charge in [-0.05, 0) is 54.5 Å². The van der Waals surface area contributed by atoms with Crippen molar-refractivity contribution in [2.75, 3.05) is 4.90 Å². The average molecular weight is 495 g/mol. The molecule has 2 aliphatic carbocycles. The largest absolute Gasteiger partial charge is 0.508 e. The van der Waals surface area contributed by atoms with E-state index in [1.165, 1.54) is 29.2 Å². The number of rotatable bonds is 2. The van der Waals surface area contributed by atoms with E-state index in [2.05, 4.69) is 4.98 Å². The number of hydrogen-bond acceptors (Lipinski definition) is 6. The van der Waals surface area contributed by atoms with Crippen LogP contribution in [-0.4, -0.2) is 27.2 Å². The van der Waals surface area contributed by atoms with E-state index < -0.39 is 17.7 Å². The van der Waals surface area contributed by atoms with E-state index in [-0.39, 0.29) is 51.4 Å². The van der Waals surface area contributed by atoms with Gasteiger partial charge in [-0.3, -0.25) is 19.3 Å². The first-order valence-electron chi connectivity index (χ1n) is 11.2. The summed E-state index contributed by atoms with van der Waals surface area (Å²) in [6, 6.07) is 12.6. The Morgan fingerprint density at radius 2 is 1.68 bits per heavy atom. The molecule has 7 rings (SSSR count). The number of carbonyl (C=O) groups excluding carboxylic acids is 2. The SMILES string of the molecule is O=C1[C@@H]2[C@H]3C[C@@H]([C@H]4Sc5[nH]c(=O)sc5[C@H](c5ccccc5O)[C@@H]34)[C@H]2C(=O)N1c1ccc(F)cc1. The molecule has 172 valence electrons. The quantitative estimate of drug-likeness (QED) is 0.527. The molecule has 2 aromatic carbocycles. The number of hydrogen-bond donors (Lipinski definition) is 2. The second-order valence-electron chi connectivity index (χ2n) is 9.51. The predicted octanol–water partition coefficient (Wildman–Crippen LogP) is 3.96. The van der Waals surface area contributed by atoms with Crippen LogP contribution in [-0.2, 0) is 9.59 Å². The Morgan fingerprint density at radius 3 is 2.41 bits per heavy atom. The molecule has 2 aliphatic heterocycles. The highest BCUT2D eigenvalue weighted by Crippen LogP contribution is 2.69. The summed E-state index contributed by atoms with van der Waals surface area (Å²) < 4.78 is 13.5. The fraction of sp³-hybridized carbons (Fsp3) is 0.320. The summed E-state index contributed by atoms with van der Waals surface area (Å²) in [6.45, 7) is 0. The van der Waals surface area contributed by atoms with Crippen LogP contribution in [0.5, 0.6) is 5.75 Å². The van der Waals surface area contributed by atoms with Crippen LogP contribution in [0, 0.1) is 35.4 Å². The molecule has 0 unspecified atom stereocenters. The standard InChI is InChI=1S/C25H19FN2O4S2/c26-10-5-7-11(8-6-10)28-23(30)18-13-9-14(19(18)24(28)31)20-17(13)16(12-3-1-2-4-15(12)29)21-22(33-20)27-25(32)34-21/h1-8,13-14,16-20,29H,9H2,(H,27,32)/t13-,14+,16+,17+,18+,19+,20+/m0/s1. The molecule has 3 aromatic rings. The number of H-pyrrole nitrogens is 1. The van der Waals surface area contributed by atoms with Gasteiger partial charge in [-0.2, -0.15) is 0 Å². The molecule has 0 spiro atoms. The summed E-state index contributed by atoms with van der Waals surface area (Å²) in [6.07, 6.45) is 0.773. The van der Waals surface area contributed by atoms with Gasteiger partial charge in [0.25, 0.3) is 0 Å². The number of aromatic hydroxyl groups is 1. The highest BCUT2D eigenvalue weighted by Gasteiger charge is 2.69. The number of phenols is 1. The van der Waals surface area contributed by atoms with E-state index in [4.69, 9.17) is 0 Å². The third-order valence-electron chi connectivity index (χ3n) is 8.08. The minimum Gasteiger partial charge on any atom is -0.508 e. The highest BCUT2D eigenvalue weighted by molar-refractivity contribution is 8.00. The van der Waals surface area contributed by atoms with Crippen molar-refractivity contribution in [2.45, 2.75) is 22.6 Å². The molecule has 4 aliphatic rings. The highest BCUT2D eigenvalue weighted by atomic mass is 32.2. The zero-order valence-corrected chi connectivity index (χ0v) is 19.3. The number of carbonyl (C=O) groups is 2. The van der Waals surface area contributed by atoms with Gasteiger partial charge in [-0.15, -0.1) is 11.8 Å². The van der Waals surface area contributed by atoms with Crippen LogP contribution in [0.4, 0.5) is 10.1 Å². The summed E-state index contributed by atoms with van der Waals surface area (Å²) in [4.78, 5) is 44.4. The summed E-state index contributed by atoms with van der Waals surface area (Å²) in [5.41, 5.74) is 1.16. The number of thioether (sulfide) groups is 1. The van der Waals surface area contributed by atoms with E-state index >= 15 is 0 Å². The number of halogens is 1. The second kappa shape index (κ2) is 7.05.